The maximum atomic E-state index is 9.02. The molecule has 0 atom stereocenters. The van der Waals surface area contributed by atoms with Crippen LogP contribution in [-0.2, 0) is 12.8 Å². The van der Waals surface area contributed by atoms with Gasteiger partial charge >= 0.3 is 0 Å². The van der Waals surface area contributed by atoms with Crippen LogP contribution >= 0.6 is 0 Å². The largest absolute Gasteiger partial charge is 0.396 e. The number of aliphatic hydroxyl groups is 1. The molecule has 1 nitrogen and oxygen atoms in total. The van der Waals surface area contributed by atoms with Crippen LogP contribution in [0.25, 0.3) is 22.3 Å². The molecule has 3 aromatic carbocycles. The summed E-state index contributed by atoms with van der Waals surface area (Å²) in [6.07, 6.45) is 2.78. The second-order valence-corrected chi connectivity index (χ2v) is 6.62. The van der Waals surface area contributed by atoms with Gasteiger partial charge in [0.2, 0.25) is 0 Å². The standard InChI is InChI=1S/C24H26O/c1-3-20-17-19(5-4-16-25)8-15-24(20)23-13-11-22(12-14-23)21-9-6-18(2)7-10-21/h6-15,17,25H,3-5,16H2,1-2H3. The second-order valence-electron chi connectivity index (χ2n) is 6.62. The Bertz CT molecular complexity index is 814. The summed E-state index contributed by atoms with van der Waals surface area (Å²) in [5.41, 5.74) is 9.06. The van der Waals surface area contributed by atoms with Crippen molar-refractivity contribution in [1.29, 1.82) is 0 Å². The van der Waals surface area contributed by atoms with Crippen molar-refractivity contribution in [2.75, 3.05) is 6.61 Å². The molecule has 0 saturated carbocycles. The summed E-state index contributed by atoms with van der Waals surface area (Å²) >= 11 is 0. The molecule has 0 aliphatic rings. The van der Waals surface area contributed by atoms with E-state index in [1.807, 2.05) is 0 Å². The van der Waals surface area contributed by atoms with E-state index in [1.54, 1.807) is 0 Å². The van der Waals surface area contributed by atoms with Gasteiger partial charge in [0, 0.05) is 6.61 Å². The van der Waals surface area contributed by atoms with E-state index in [9.17, 15) is 0 Å². The van der Waals surface area contributed by atoms with Gasteiger partial charge in [0.25, 0.3) is 0 Å². The van der Waals surface area contributed by atoms with Gasteiger partial charge in [0.1, 0.15) is 0 Å². The molecule has 1 heteroatoms. The summed E-state index contributed by atoms with van der Waals surface area (Å²) in [7, 11) is 0. The molecule has 0 radical (unpaired) electrons. The van der Waals surface area contributed by atoms with Crippen LogP contribution in [-0.4, -0.2) is 11.7 Å². The zero-order chi connectivity index (χ0) is 17.6. The van der Waals surface area contributed by atoms with Gasteiger partial charge in [-0.25, -0.2) is 0 Å². The highest BCUT2D eigenvalue weighted by atomic mass is 16.2. The fourth-order valence-corrected chi connectivity index (χ4v) is 3.25. The highest BCUT2D eigenvalue weighted by Crippen LogP contribution is 2.28. The summed E-state index contributed by atoms with van der Waals surface area (Å²) in [4.78, 5) is 0. The molecule has 0 spiro atoms. The molecular formula is C24H26O. The summed E-state index contributed by atoms with van der Waals surface area (Å²) < 4.78 is 0. The quantitative estimate of drug-likeness (QED) is 0.604. The van der Waals surface area contributed by atoms with Gasteiger partial charge in [-0.05, 0) is 59.6 Å². The van der Waals surface area contributed by atoms with E-state index >= 15 is 0 Å². The Morgan fingerprint density at radius 3 is 1.96 bits per heavy atom. The average molecular weight is 330 g/mol. The van der Waals surface area contributed by atoms with Crippen LogP contribution in [0.3, 0.4) is 0 Å². The Morgan fingerprint density at radius 1 is 0.760 bits per heavy atom. The van der Waals surface area contributed by atoms with Crippen LogP contribution in [0.5, 0.6) is 0 Å². The van der Waals surface area contributed by atoms with Crippen molar-refractivity contribution < 1.29 is 5.11 Å². The number of aryl methyl sites for hydroxylation is 3. The molecule has 3 rings (SSSR count). The smallest absolute Gasteiger partial charge is 0.0434 e. The van der Waals surface area contributed by atoms with Gasteiger partial charge in [0.15, 0.2) is 0 Å². The third kappa shape index (κ3) is 4.18. The molecule has 0 aliphatic heterocycles. The lowest BCUT2D eigenvalue weighted by Gasteiger charge is -2.12. The fourth-order valence-electron chi connectivity index (χ4n) is 3.25. The van der Waals surface area contributed by atoms with E-state index in [2.05, 4.69) is 80.6 Å². The predicted molar refractivity (Wildman–Crippen MR) is 107 cm³/mol. The molecule has 0 aromatic heterocycles. The lowest BCUT2D eigenvalue weighted by molar-refractivity contribution is 0.288. The van der Waals surface area contributed by atoms with Crippen LogP contribution in [0.2, 0.25) is 0 Å². The molecule has 0 aliphatic carbocycles. The normalized spacial score (nSPS) is 10.8. The van der Waals surface area contributed by atoms with Crippen molar-refractivity contribution in [3.8, 4) is 22.3 Å². The number of aliphatic hydroxyl groups excluding tert-OH is 1. The van der Waals surface area contributed by atoms with E-state index in [0.717, 1.165) is 19.3 Å². The van der Waals surface area contributed by atoms with E-state index in [-0.39, 0.29) is 6.61 Å². The first-order valence-corrected chi connectivity index (χ1v) is 9.11. The van der Waals surface area contributed by atoms with Crippen LogP contribution < -0.4 is 0 Å². The molecule has 0 heterocycles. The third-order valence-corrected chi connectivity index (χ3v) is 4.75. The number of benzene rings is 3. The second kappa shape index (κ2) is 8.13. The Labute approximate surface area is 151 Å². The zero-order valence-corrected chi connectivity index (χ0v) is 15.1. The third-order valence-electron chi connectivity index (χ3n) is 4.75. The highest BCUT2D eigenvalue weighted by Gasteiger charge is 2.06. The fraction of sp³-hybridized carbons (Fsp3) is 0.250. The maximum Gasteiger partial charge on any atom is 0.0434 e. The van der Waals surface area contributed by atoms with Crippen LogP contribution in [0.1, 0.15) is 30.0 Å². The van der Waals surface area contributed by atoms with Crippen molar-refractivity contribution in [3.05, 3.63) is 83.4 Å². The first-order valence-electron chi connectivity index (χ1n) is 9.11. The Balaban J connectivity index is 1.87. The van der Waals surface area contributed by atoms with Gasteiger partial charge < -0.3 is 5.11 Å². The molecule has 0 saturated heterocycles. The van der Waals surface area contributed by atoms with Gasteiger partial charge in [-0.1, -0.05) is 79.2 Å². The Kier molecular flexibility index (Phi) is 5.67. The van der Waals surface area contributed by atoms with Crippen LogP contribution in [0.4, 0.5) is 0 Å². The average Bonchev–Trinajstić information content (AvgIpc) is 2.67. The zero-order valence-electron chi connectivity index (χ0n) is 15.1. The molecular weight excluding hydrogens is 304 g/mol. The molecule has 25 heavy (non-hydrogen) atoms. The Hall–Kier alpha value is -2.38. The highest BCUT2D eigenvalue weighted by molar-refractivity contribution is 5.72. The van der Waals surface area contributed by atoms with Crippen molar-refractivity contribution in [2.24, 2.45) is 0 Å². The summed E-state index contributed by atoms with van der Waals surface area (Å²) in [5.74, 6) is 0. The summed E-state index contributed by atoms with van der Waals surface area (Å²) in [6, 6.07) is 24.2. The maximum absolute atomic E-state index is 9.02. The minimum atomic E-state index is 0.254. The summed E-state index contributed by atoms with van der Waals surface area (Å²) in [6.45, 7) is 4.57. The topological polar surface area (TPSA) is 20.2 Å². The lowest BCUT2D eigenvalue weighted by Crippen LogP contribution is -1.94. The lowest BCUT2D eigenvalue weighted by atomic mass is 9.93. The van der Waals surface area contributed by atoms with Gasteiger partial charge in [-0.15, -0.1) is 0 Å². The molecule has 1 N–H and O–H groups in total. The molecule has 0 unspecified atom stereocenters. The van der Waals surface area contributed by atoms with Crippen molar-refractivity contribution in [1.82, 2.24) is 0 Å². The van der Waals surface area contributed by atoms with Gasteiger partial charge in [0.05, 0.1) is 0 Å². The Morgan fingerprint density at radius 2 is 1.36 bits per heavy atom. The number of hydrogen-bond acceptors (Lipinski definition) is 1. The van der Waals surface area contributed by atoms with Crippen molar-refractivity contribution >= 4 is 0 Å². The monoisotopic (exact) mass is 330 g/mol. The van der Waals surface area contributed by atoms with Crippen molar-refractivity contribution in [3.63, 3.8) is 0 Å². The van der Waals surface area contributed by atoms with E-state index in [1.165, 1.54) is 38.9 Å². The van der Waals surface area contributed by atoms with E-state index in [0.29, 0.717) is 0 Å². The predicted octanol–water partition coefficient (Wildman–Crippen LogP) is 5.82. The van der Waals surface area contributed by atoms with Crippen LogP contribution in [0, 0.1) is 6.92 Å². The summed E-state index contributed by atoms with van der Waals surface area (Å²) in [5, 5.41) is 9.02. The van der Waals surface area contributed by atoms with E-state index in [4.69, 9.17) is 5.11 Å². The van der Waals surface area contributed by atoms with Gasteiger partial charge in [-0.2, -0.15) is 0 Å². The number of rotatable bonds is 6. The minimum Gasteiger partial charge on any atom is -0.396 e. The molecule has 0 amide bonds. The molecule has 0 fully saturated rings. The number of hydrogen-bond donors (Lipinski definition) is 1. The molecule has 0 bridgehead atoms. The molecule has 3 aromatic rings. The van der Waals surface area contributed by atoms with Crippen molar-refractivity contribution in [2.45, 2.75) is 33.1 Å². The first kappa shape index (κ1) is 17.4. The molecule has 128 valence electrons. The van der Waals surface area contributed by atoms with E-state index < -0.39 is 0 Å². The van der Waals surface area contributed by atoms with Gasteiger partial charge in [-0.3, -0.25) is 0 Å². The SMILES string of the molecule is CCc1cc(CCCO)ccc1-c1ccc(-c2ccc(C)cc2)cc1. The minimum absolute atomic E-state index is 0.254. The van der Waals surface area contributed by atoms with Crippen LogP contribution in [0.15, 0.2) is 66.7 Å². The first-order chi connectivity index (χ1) is 12.2.